The third kappa shape index (κ3) is 2.39. The molecule has 104 valence electrons. The fraction of sp³-hybridized carbons (Fsp3) is 0.375. The zero-order valence-electron chi connectivity index (χ0n) is 11.3. The average Bonchev–Trinajstić information content (AvgIpc) is 2.95. The molecule has 1 aliphatic heterocycles. The first-order valence-corrected chi connectivity index (χ1v) is 7.03. The van der Waals surface area contributed by atoms with Gasteiger partial charge in [0.15, 0.2) is 0 Å². The maximum Gasteiger partial charge on any atom is 0.273 e. The molecule has 4 heteroatoms. The van der Waals surface area contributed by atoms with Gasteiger partial charge in [0.1, 0.15) is 5.69 Å². The Morgan fingerprint density at radius 3 is 3.05 bits per heavy atom. The van der Waals surface area contributed by atoms with Crippen molar-refractivity contribution in [3.8, 4) is 0 Å². The first-order valence-electron chi connectivity index (χ1n) is 7.03. The number of fused-ring (bicyclic) bond motifs is 1. The molecule has 2 heterocycles. The molecule has 1 N–H and O–H groups in total. The average molecular weight is 270 g/mol. The Labute approximate surface area is 118 Å². The van der Waals surface area contributed by atoms with Crippen molar-refractivity contribution in [1.29, 1.82) is 0 Å². The highest BCUT2D eigenvalue weighted by molar-refractivity contribution is 6.05. The molecule has 1 unspecified atom stereocenters. The minimum atomic E-state index is 0.00207. The fourth-order valence-electron chi connectivity index (χ4n) is 2.88. The third-order valence-electron chi connectivity index (χ3n) is 3.99. The highest BCUT2D eigenvalue weighted by Crippen LogP contribution is 2.23. The number of nitrogens with zero attached hydrogens (tertiary/aromatic N) is 2. The highest BCUT2D eigenvalue weighted by Gasteiger charge is 2.27. The van der Waals surface area contributed by atoms with Crippen molar-refractivity contribution in [1.82, 2.24) is 9.88 Å². The second kappa shape index (κ2) is 5.59. The molecular weight excluding hydrogens is 252 g/mol. The normalized spacial score (nSPS) is 18.6. The van der Waals surface area contributed by atoms with Crippen molar-refractivity contribution in [2.45, 2.75) is 12.8 Å². The topological polar surface area (TPSA) is 53.4 Å². The van der Waals surface area contributed by atoms with Gasteiger partial charge in [0.25, 0.3) is 5.91 Å². The molecule has 1 aliphatic rings. The van der Waals surface area contributed by atoms with Crippen molar-refractivity contribution in [2.75, 3.05) is 19.7 Å². The maximum absolute atomic E-state index is 12.6. The van der Waals surface area contributed by atoms with Crippen LogP contribution >= 0.6 is 0 Å². The van der Waals surface area contributed by atoms with Gasteiger partial charge in [0, 0.05) is 31.3 Å². The summed E-state index contributed by atoms with van der Waals surface area (Å²) in [6.07, 6.45) is 3.43. The maximum atomic E-state index is 12.6. The van der Waals surface area contributed by atoms with E-state index in [0.717, 1.165) is 36.7 Å². The van der Waals surface area contributed by atoms with Gasteiger partial charge in [-0.05, 0) is 30.2 Å². The molecule has 1 fully saturated rings. The van der Waals surface area contributed by atoms with Crippen LogP contribution in [0.1, 0.15) is 23.3 Å². The zero-order chi connectivity index (χ0) is 13.9. The lowest BCUT2D eigenvalue weighted by atomic mass is 10.1. The quantitative estimate of drug-likeness (QED) is 0.929. The number of benzene rings is 1. The SMILES string of the molecule is O=C(c1nccc2ccccc12)N1CCC(CCO)C1. The molecule has 20 heavy (non-hydrogen) atoms. The van der Waals surface area contributed by atoms with E-state index >= 15 is 0 Å². The number of hydrogen-bond donors (Lipinski definition) is 1. The summed E-state index contributed by atoms with van der Waals surface area (Å²) >= 11 is 0. The van der Waals surface area contributed by atoms with Crippen molar-refractivity contribution in [3.05, 3.63) is 42.2 Å². The molecule has 1 atom stereocenters. The van der Waals surface area contributed by atoms with Gasteiger partial charge in [-0.1, -0.05) is 24.3 Å². The number of rotatable bonds is 3. The van der Waals surface area contributed by atoms with Gasteiger partial charge < -0.3 is 10.0 Å². The van der Waals surface area contributed by atoms with E-state index in [1.165, 1.54) is 0 Å². The molecular formula is C16H18N2O2. The predicted octanol–water partition coefficient (Wildman–Crippen LogP) is 2.08. The molecule has 1 amide bonds. The van der Waals surface area contributed by atoms with Crippen LogP contribution in [-0.4, -0.2) is 40.6 Å². The van der Waals surface area contributed by atoms with Crippen LogP contribution < -0.4 is 0 Å². The van der Waals surface area contributed by atoms with Crippen LogP contribution in [0, 0.1) is 5.92 Å². The van der Waals surface area contributed by atoms with Gasteiger partial charge in [-0.25, -0.2) is 0 Å². The fourth-order valence-corrected chi connectivity index (χ4v) is 2.88. The molecule has 0 bridgehead atoms. The minimum Gasteiger partial charge on any atom is -0.396 e. The van der Waals surface area contributed by atoms with Crippen molar-refractivity contribution in [2.24, 2.45) is 5.92 Å². The van der Waals surface area contributed by atoms with Crippen LogP contribution in [-0.2, 0) is 0 Å². The summed E-state index contributed by atoms with van der Waals surface area (Å²) in [6, 6.07) is 9.75. The van der Waals surface area contributed by atoms with Gasteiger partial charge in [-0.15, -0.1) is 0 Å². The van der Waals surface area contributed by atoms with Gasteiger partial charge in [0.2, 0.25) is 0 Å². The summed E-state index contributed by atoms with van der Waals surface area (Å²) < 4.78 is 0. The number of aliphatic hydroxyl groups is 1. The summed E-state index contributed by atoms with van der Waals surface area (Å²) in [5.74, 6) is 0.418. The first-order chi connectivity index (χ1) is 9.79. The summed E-state index contributed by atoms with van der Waals surface area (Å²) in [5.41, 5.74) is 0.535. The third-order valence-corrected chi connectivity index (χ3v) is 3.99. The first kappa shape index (κ1) is 13.1. The summed E-state index contributed by atoms with van der Waals surface area (Å²) in [6.45, 7) is 1.68. The molecule has 0 saturated carbocycles. The van der Waals surface area contributed by atoms with E-state index in [9.17, 15) is 4.79 Å². The van der Waals surface area contributed by atoms with E-state index < -0.39 is 0 Å². The summed E-state index contributed by atoms with van der Waals surface area (Å²) in [7, 11) is 0. The Kier molecular flexibility index (Phi) is 3.65. The van der Waals surface area contributed by atoms with Crippen molar-refractivity contribution < 1.29 is 9.90 Å². The molecule has 1 aromatic carbocycles. The lowest BCUT2D eigenvalue weighted by Crippen LogP contribution is -2.29. The van der Waals surface area contributed by atoms with Gasteiger partial charge in [0.05, 0.1) is 0 Å². The van der Waals surface area contributed by atoms with E-state index in [0.29, 0.717) is 11.6 Å². The lowest BCUT2D eigenvalue weighted by molar-refractivity contribution is 0.0781. The number of likely N-dealkylation sites (tertiary alicyclic amines) is 1. The van der Waals surface area contributed by atoms with Gasteiger partial charge in [-0.3, -0.25) is 9.78 Å². The molecule has 2 aromatic rings. The molecule has 1 aromatic heterocycles. The highest BCUT2D eigenvalue weighted by atomic mass is 16.3. The van der Waals surface area contributed by atoms with Crippen LogP contribution in [0.5, 0.6) is 0 Å². The van der Waals surface area contributed by atoms with Crippen LogP contribution in [0.25, 0.3) is 10.8 Å². The summed E-state index contributed by atoms with van der Waals surface area (Å²) in [4.78, 5) is 18.7. The molecule has 0 radical (unpaired) electrons. The second-order valence-corrected chi connectivity index (χ2v) is 5.30. The number of carbonyl (C=O) groups is 1. The van der Waals surface area contributed by atoms with Crippen LogP contribution in [0.4, 0.5) is 0 Å². The van der Waals surface area contributed by atoms with E-state index in [2.05, 4.69) is 4.98 Å². The van der Waals surface area contributed by atoms with E-state index in [-0.39, 0.29) is 12.5 Å². The van der Waals surface area contributed by atoms with Crippen LogP contribution in [0.15, 0.2) is 36.5 Å². The molecule has 0 spiro atoms. The standard InChI is InChI=1S/C16H18N2O2/c19-10-7-12-6-9-18(11-12)16(20)15-14-4-2-1-3-13(14)5-8-17-15/h1-5,8,12,19H,6-7,9-11H2. The Hall–Kier alpha value is -1.94. The second-order valence-electron chi connectivity index (χ2n) is 5.30. The van der Waals surface area contributed by atoms with Gasteiger partial charge in [-0.2, -0.15) is 0 Å². The number of pyridine rings is 1. The van der Waals surface area contributed by atoms with Gasteiger partial charge >= 0.3 is 0 Å². The predicted molar refractivity (Wildman–Crippen MR) is 77.5 cm³/mol. The number of aliphatic hydroxyl groups excluding tert-OH is 1. The Balaban J connectivity index is 1.86. The van der Waals surface area contributed by atoms with Crippen LogP contribution in [0.2, 0.25) is 0 Å². The number of aromatic nitrogens is 1. The molecule has 1 saturated heterocycles. The van der Waals surface area contributed by atoms with Crippen molar-refractivity contribution >= 4 is 16.7 Å². The Morgan fingerprint density at radius 2 is 2.20 bits per heavy atom. The van der Waals surface area contributed by atoms with E-state index in [4.69, 9.17) is 5.11 Å². The van der Waals surface area contributed by atoms with E-state index in [1.807, 2.05) is 35.2 Å². The molecule has 4 nitrogen and oxygen atoms in total. The molecule has 3 rings (SSSR count). The number of carbonyl (C=O) groups excluding carboxylic acids is 1. The number of hydrogen-bond acceptors (Lipinski definition) is 3. The lowest BCUT2D eigenvalue weighted by Gasteiger charge is -2.16. The van der Waals surface area contributed by atoms with Crippen molar-refractivity contribution in [3.63, 3.8) is 0 Å². The Bertz CT molecular complexity index is 621. The largest absolute Gasteiger partial charge is 0.396 e. The summed E-state index contributed by atoms with van der Waals surface area (Å²) in [5, 5.41) is 10.9. The minimum absolute atomic E-state index is 0.00207. The monoisotopic (exact) mass is 270 g/mol. The number of amides is 1. The zero-order valence-corrected chi connectivity index (χ0v) is 11.3. The Morgan fingerprint density at radius 1 is 1.35 bits per heavy atom. The van der Waals surface area contributed by atoms with E-state index in [1.54, 1.807) is 6.20 Å². The van der Waals surface area contributed by atoms with Crippen LogP contribution in [0.3, 0.4) is 0 Å². The smallest absolute Gasteiger partial charge is 0.273 e. The molecule has 0 aliphatic carbocycles.